The van der Waals surface area contributed by atoms with Gasteiger partial charge in [-0.1, -0.05) is 29.8 Å². The number of hydrogen-bond acceptors (Lipinski definition) is 3. The van der Waals surface area contributed by atoms with E-state index in [1.807, 2.05) is 0 Å². The van der Waals surface area contributed by atoms with Gasteiger partial charge in [-0.05, 0) is 37.1 Å². The fourth-order valence-corrected chi connectivity index (χ4v) is 3.17. The van der Waals surface area contributed by atoms with Gasteiger partial charge in [0.15, 0.2) is 9.84 Å². The highest BCUT2D eigenvalue weighted by atomic mass is 79.9. The molecule has 0 saturated heterocycles. The number of rotatable bonds is 7. The van der Waals surface area contributed by atoms with E-state index >= 15 is 0 Å². The van der Waals surface area contributed by atoms with Gasteiger partial charge in [0.25, 0.3) is 0 Å². The zero-order chi connectivity index (χ0) is 13.6. The molecule has 3 nitrogen and oxygen atoms in total. The van der Waals surface area contributed by atoms with Crippen molar-refractivity contribution < 1.29 is 8.42 Å². The third-order valence-electron chi connectivity index (χ3n) is 2.96. The predicted molar refractivity (Wildman–Crippen MR) is 78.6 cm³/mol. The number of halogens is 1. The summed E-state index contributed by atoms with van der Waals surface area (Å²) in [4.78, 5) is 0.386. The molecule has 0 heterocycles. The summed E-state index contributed by atoms with van der Waals surface area (Å²) in [5, 5.41) is 3.27. The smallest absolute Gasteiger partial charge is 0.179 e. The summed E-state index contributed by atoms with van der Waals surface area (Å²) in [7, 11) is -3.17. The van der Waals surface area contributed by atoms with Crippen LogP contribution >= 0.6 is 15.9 Å². The van der Waals surface area contributed by atoms with Gasteiger partial charge in [-0.25, -0.2) is 8.42 Å². The van der Waals surface area contributed by atoms with Gasteiger partial charge >= 0.3 is 0 Å². The van der Waals surface area contributed by atoms with Crippen LogP contribution in [0.25, 0.3) is 0 Å². The third-order valence-corrected chi connectivity index (χ3v) is 5.22. The van der Waals surface area contributed by atoms with E-state index in [0.717, 1.165) is 17.3 Å². The molecule has 0 spiro atoms. The van der Waals surface area contributed by atoms with E-state index in [4.69, 9.17) is 0 Å². The maximum Gasteiger partial charge on any atom is 0.179 e. The third kappa shape index (κ3) is 4.71. The quantitative estimate of drug-likeness (QED) is 0.834. The van der Waals surface area contributed by atoms with Gasteiger partial charge in [0.2, 0.25) is 0 Å². The minimum Gasteiger partial charge on any atom is -0.313 e. The second-order valence-corrected chi connectivity index (χ2v) is 7.27. The number of sulfone groups is 1. The molecule has 0 bridgehead atoms. The fraction of sp³-hybridized carbons (Fsp3) is 0.538. The minimum absolute atomic E-state index is 0.144. The van der Waals surface area contributed by atoms with Crippen molar-refractivity contribution in [2.45, 2.75) is 37.6 Å². The molecule has 0 aliphatic rings. The average molecular weight is 334 g/mol. The molecule has 1 aromatic rings. The Balaban J connectivity index is 2.57. The van der Waals surface area contributed by atoms with Gasteiger partial charge in [0, 0.05) is 17.1 Å². The zero-order valence-electron chi connectivity index (χ0n) is 10.8. The molecular weight excluding hydrogens is 314 g/mol. The summed E-state index contributed by atoms with van der Waals surface area (Å²) < 4.78 is 25.0. The lowest BCUT2D eigenvalue weighted by Crippen LogP contribution is -2.32. The number of hydrogen-bond donors (Lipinski definition) is 1. The largest absolute Gasteiger partial charge is 0.313 e. The van der Waals surface area contributed by atoms with E-state index in [1.54, 1.807) is 24.3 Å². The predicted octanol–water partition coefficient (Wildman–Crippen LogP) is 3.00. The topological polar surface area (TPSA) is 46.2 Å². The molecule has 0 amide bonds. The summed E-state index contributed by atoms with van der Waals surface area (Å²) in [6.07, 6.45) is 2.05. The molecule has 102 valence electrons. The molecule has 0 radical (unpaired) electrons. The van der Waals surface area contributed by atoms with Crippen molar-refractivity contribution in [1.82, 2.24) is 5.32 Å². The number of benzene rings is 1. The monoisotopic (exact) mass is 333 g/mol. The Morgan fingerprint density at radius 1 is 1.17 bits per heavy atom. The lowest BCUT2D eigenvalue weighted by Gasteiger charge is -2.14. The molecular formula is C13H20BrNO2S. The maximum atomic E-state index is 12.0. The van der Waals surface area contributed by atoms with Crippen LogP contribution in [0.15, 0.2) is 33.6 Å². The standard InChI is InChI=1S/C13H20BrNO2S/c1-3-12(4-2)15-9-10-18(16,17)13-7-5-11(14)6-8-13/h5-8,12,15H,3-4,9-10H2,1-2H3. The first-order valence-corrected chi connectivity index (χ1v) is 8.65. The van der Waals surface area contributed by atoms with Crippen LogP contribution in [0.5, 0.6) is 0 Å². The molecule has 0 unspecified atom stereocenters. The molecule has 0 atom stereocenters. The second-order valence-electron chi connectivity index (χ2n) is 4.24. The zero-order valence-corrected chi connectivity index (χ0v) is 13.2. The second kappa shape index (κ2) is 7.26. The van der Waals surface area contributed by atoms with Gasteiger partial charge < -0.3 is 5.32 Å². The van der Waals surface area contributed by atoms with Crippen molar-refractivity contribution in [2.24, 2.45) is 0 Å². The van der Waals surface area contributed by atoms with Crippen LogP contribution in [0.4, 0.5) is 0 Å². The SMILES string of the molecule is CCC(CC)NCCS(=O)(=O)c1ccc(Br)cc1. The summed E-state index contributed by atoms with van der Waals surface area (Å²) >= 11 is 3.30. The summed E-state index contributed by atoms with van der Waals surface area (Å²) in [6, 6.07) is 7.18. The van der Waals surface area contributed by atoms with Crippen molar-refractivity contribution in [1.29, 1.82) is 0 Å². The first-order valence-electron chi connectivity index (χ1n) is 6.21. The van der Waals surface area contributed by atoms with Gasteiger partial charge in [-0.15, -0.1) is 0 Å². The Hall–Kier alpha value is -0.390. The molecule has 0 fully saturated rings. The van der Waals surface area contributed by atoms with Crippen molar-refractivity contribution in [3.05, 3.63) is 28.7 Å². The molecule has 0 aliphatic heterocycles. The van der Waals surface area contributed by atoms with E-state index in [1.165, 1.54) is 0 Å². The van der Waals surface area contributed by atoms with E-state index in [-0.39, 0.29) is 5.75 Å². The molecule has 18 heavy (non-hydrogen) atoms. The van der Waals surface area contributed by atoms with E-state index < -0.39 is 9.84 Å². The Morgan fingerprint density at radius 2 is 1.72 bits per heavy atom. The first-order chi connectivity index (χ1) is 8.49. The fourth-order valence-electron chi connectivity index (χ4n) is 1.73. The van der Waals surface area contributed by atoms with Crippen LogP contribution in [-0.4, -0.2) is 26.8 Å². The highest BCUT2D eigenvalue weighted by Gasteiger charge is 2.14. The Bertz CT molecular complexity index is 452. The molecule has 5 heteroatoms. The minimum atomic E-state index is -3.17. The van der Waals surface area contributed by atoms with Crippen molar-refractivity contribution in [2.75, 3.05) is 12.3 Å². The van der Waals surface area contributed by atoms with E-state index in [9.17, 15) is 8.42 Å². The van der Waals surface area contributed by atoms with Crippen molar-refractivity contribution in [3.63, 3.8) is 0 Å². The van der Waals surface area contributed by atoms with Crippen LogP contribution in [0.2, 0.25) is 0 Å². The van der Waals surface area contributed by atoms with Gasteiger partial charge in [-0.2, -0.15) is 0 Å². The van der Waals surface area contributed by atoms with Crippen molar-refractivity contribution >= 4 is 25.8 Å². The first kappa shape index (κ1) is 15.7. The molecule has 0 saturated carbocycles. The summed E-state index contributed by atoms with van der Waals surface area (Å²) in [5.41, 5.74) is 0. The van der Waals surface area contributed by atoms with Gasteiger partial charge in [0.1, 0.15) is 0 Å². The van der Waals surface area contributed by atoms with Crippen LogP contribution in [0, 0.1) is 0 Å². The molecule has 1 aromatic carbocycles. The van der Waals surface area contributed by atoms with Crippen LogP contribution in [0.1, 0.15) is 26.7 Å². The van der Waals surface area contributed by atoms with Gasteiger partial charge in [0.05, 0.1) is 10.6 Å². The molecule has 0 aromatic heterocycles. The lowest BCUT2D eigenvalue weighted by atomic mass is 10.2. The Labute approximate surface area is 118 Å². The normalized spacial score (nSPS) is 12.0. The van der Waals surface area contributed by atoms with Crippen LogP contribution in [0.3, 0.4) is 0 Å². The highest BCUT2D eigenvalue weighted by molar-refractivity contribution is 9.10. The van der Waals surface area contributed by atoms with Gasteiger partial charge in [-0.3, -0.25) is 0 Å². The lowest BCUT2D eigenvalue weighted by molar-refractivity contribution is 0.497. The summed E-state index contributed by atoms with van der Waals surface area (Å²) in [6.45, 7) is 4.71. The average Bonchev–Trinajstić information content (AvgIpc) is 2.35. The maximum absolute atomic E-state index is 12.0. The van der Waals surface area contributed by atoms with E-state index in [0.29, 0.717) is 17.5 Å². The van der Waals surface area contributed by atoms with Crippen molar-refractivity contribution in [3.8, 4) is 0 Å². The Kier molecular flexibility index (Phi) is 6.32. The van der Waals surface area contributed by atoms with E-state index in [2.05, 4.69) is 35.1 Å². The molecule has 1 N–H and O–H groups in total. The number of nitrogens with one attached hydrogen (secondary N) is 1. The summed E-state index contributed by atoms with van der Waals surface area (Å²) in [5.74, 6) is 0.144. The van der Waals surface area contributed by atoms with Crippen LogP contribution in [-0.2, 0) is 9.84 Å². The molecule has 1 rings (SSSR count). The van der Waals surface area contributed by atoms with Crippen LogP contribution < -0.4 is 5.32 Å². The molecule has 0 aliphatic carbocycles. The highest BCUT2D eigenvalue weighted by Crippen LogP contribution is 2.15. The Morgan fingerprint density at radius 3 is 2.22 bits per heavy atom.